The fourth-order valence-corrected chi connectivity index (χ4v) is 3.42. The van der Waals surface area contributed by atoms with E-state index in [-0.39, 0.29) is 6.10 Å². The van der Waals surface area contributed by atoms with Crippen LogP contribution >= 0.6 is 0 Å². The monoisotopic (exact) mass is 353 g/mol. The maximum atomic E-state index is 6.10. The fraction of sp³-hybridized carbons (Fsp3) is 0.444. The van der Waals surface area contributed by atoms with Gasteiger partial charge in [0.1, 0.15) is 11.9 Å². The SMILES string of the molecule is CCn1nccc1[C@@H]1OCCC[C@H]1CNc1cncc(-n2cccn2)n1. The van der Waals surface area contributed by atoms with Crippen molar-refractivity contribution in [2.24, 2.45) is 5.92 Å². The Morgan fingerprint density at radius 2 is 2.23 bits per heavy atom. The van der Waals surface area contributed by atoms with Gasteiger partial charge in [0.05, 0.1) is 18.1 Å². The lowest BCUT2D eigenvalue weighted by Crippen LogP contribution is -2.30. The largest absolute Gasteiger partial charge is 0.372 e. The average Bonchev–Trinajstić information content (AvgIpc) is 3.38. The van der Waals surface area contributed by atoms with Crippen molar-refractivity contribution in [3.63, 3.8) is 0 Å². The molecule has 0 bridgehead atoms. The number of aromatic nitrogens is 6. The Bertz CT molecular complexity index is 830. The second-order valence-corrected chi connectivity index (χ2v) is 6.36. The molecule has 0 spiro atoms. The number of anilines is 1. The first-order chi connectivity index (χ1) is 12.8. The predicted octanol–water partition coefficient (Wildman–Crippen LogP) is 2.46. The molecular formula is C18H23N7O. The summed E-state index contributed by atoms with van der Waals surface area (Å²) < 4.78 is 9.81. The van der Waals surface area contributed by atoms with Crippen molar-refractivity contribution in [1.29, 1.82) is 0 Å². The summed E-state index contributed by atoms with van der Waals surface area (Å²) in [4.78, 5) is 8.86. The standard InChI is InChI=1S/C18H23N7O/c1-2-24-15(6-8-22-24)18-14(5-3-10-26-18)11-20-16-12-19-13-17(23-16)25-9-4-7-21-25/h4,6-9,12-14,18H,2-3,5,10-11H2,1H3,(H,20,23)/t14-,18+/m0/s1. The fourth-order valence-electron chi connectivity index (χ4n) is 3.42. The summed E-state index contributed by atoms with van der Waals surface area (Å²) in [6.07, 6.45) is 11.1. The first-order valence-corrected chi connectivity index (χ1v) is 9.04. The van der Waals surface area contributed by atoms with Crippen LogP contribution in [-0.2, 0) is 11.3 Å². The maximum Gasteiger partial charge on any atom is 0.173 e. The van der Waals surface area contributed by atoms with Crippen molar-refractivity contribution >= 4 is 5.82 Å². The highest BCUT2D eigenvalue weighted by Crippen LogP contribution is 2.33. The van der Waals surface area contributed by atoms with Crippen molar-refractivity contribution in [1.82, 2.24) is 29.5 Å². The van der Waals surface area contributed by atoms with Gasteiger partial charge in [-0.3, -0.25) is 9.67 Å². The minimum atomic E-state index is 0.0564. The third-order valence-electron chi connectivity index (χ3n) is 4.69. The highest BCUT2D eigenvalue weighted by molar-refractivity contribution is 5.35. The first kappa shape index (κ1) is 16.7. The zero-order valence-electron chi connectivity index (χ0n) is 14.8. The van der Waals surface area contributed by atoms with Gasteiger partial charge in [-0.25, -0.2) is 9.67 Å². The molecule has 4 heterocycles. The number of hydrogen-bond donors (Lipinski definition) is 1. The molecule has 136 valence electrons. The van der Waals surface area contributed by atoms with E-state index in [1.165, 1.54) is 0 Å². The lowest BCUT2D eigenvalue weighted by molar-refractivity contribution is -0.0288. The van der Waals surface area contributed by atoms with Crippen molar-refractivity contribution in [3.8, 4) is 5.82 Å². The van der Waals surface area contributed by atoms with Crippen LogP contribution in [0.2, 0.25) is 0 Å². The molecule has 2 atom stereocenters. The van der Waals surface area contributed by atoms with E-state index in [0.717, 1.165) is 44.0 Å². The van der Waals surface area contributed by atoms with Crippen molar-refractivity contribution in [2.45, 2.75) is 32.4 Å². The molecule has 1 fully saturated rings. The van der Waals surface area contributed by atoms with E-state index in [9.17, 15) is 0 Å². The molecule has 0 radical (unpaired) electrons. The number of nitrogens with one attached hydrogen (secondary N) is 1. The molecule has 1 saturated heterocycles. The van der Waals surface area contributed by atoms with Crippen molar-refractivity contribution in [3.05, 3.63) is 48.8 Å². The van der Waals surface area contributed by atoms with Gasteiger partial charge in [0.15, 0.2) is 5.82 Å². The van der Waals surface area contributed by atoms with Crippen molar-refractivity contribution < 1.29 is 4.74 Å². The van der Waals surface area contributed by atoms with E-state index >= 15 is 0 Å². The summed E-state index contributed by atoms with van der Waals surface area (Å²) in [5.41, 5.74) is 1.15. The number of ether oxygens (including phenoxy) is 1. The Hall–Kier alpha value is -2.74. The molecule has 3 aromatic rings. The van der Waals surface area contributed by atoms with Crippen LogP contribution in [0, 0.1) is 5.92 Å². The molecule has 3 aromatic heterocycles. The van der Waals surface area contributed by atoms with Gasteiger partial charge >= 0.3 is 0 Å². The maximum absolute atomic E-state index is 6.10. The molecule has 1 aliphatic rings. The molecule has 0 saturated carbocycles. The van der Waals surface area contributed by atoms with Gasteiger partial charge in [0.2, 0.25) is 0 Å². The smallest absolute Gasteiger partial charge is 0.173 e. The van der Waals surface area contributed by atoms with Crippen LogP contribution in [0.1, 0.15) is 31.6 Å². The number of aryl methyl sites for hydroxylation is 1. The second-order valence-electron chi connectivity index (χ2n) is 6.36. The van der Waals surface area contributed by atoms with Crippen LogP contribution in [0.15, 0.2) is 43.1 Å². The van der Waals surface area contributed by atoms with Gasteiger partial charge in [0, 0.05) is 44.2 Å². The quantitative estimate of drug-likeness (QED) is 0.733. The van der Waals surface area contributed by atoms with Gasteiger partial charge in [-0.1, -0.05) is 0 Å². The molecule has 8 nitrogen and oxygen atoms in total. The van der Waals surface area contributed by atoms with Gasteiger partial charge in [-0.05, 0) is 31.9 Å². The van der Waals surface area contributed by atoms with Gasteiger partial charge in [-0.15, -0.1) is 0 Å². The van der Waals surface area contributed by atoms with Crippen LogP contribution < -0.4 is 5.32 Å². The normalized spacial score (nSPS) is 20.2. The highest BCUT2D eigenvalue weighted by atomic mass is 16.5. The van der Waals surface area contributed by atoms with E-state index in [4.69, 9.17) is 4.74 Å². The Morgan fingerprint density at radius 1 is 1.27 bits per heavy atom. The Labute approximate surface area is 152 Å². The van der Waals surface area contributed by atoms with E-state index in [0.29, 0.717) is 11.7 Å². The van der Waals surface area contributed by atoms with Crippen LogP contribution in [-0.4, -0.2) is 42.7 Å². The molecule has 0 amide bonds. The van der Waals surface area contributed by atoms with Gasteiger partial charge < -0.3 is 10.1 Å². The predicted molar refractivity (Wildman–Crippen MR) is 97.0 cm³/mol. The van der Waals surface area contributed by atoms with Crippen LogP contribution in [0.3, 0.4) is 0 Å². The summed E-state index contributed by atoms with van der Waals surface area (Å²) in [7, 11) is 0. The number of nitrogens with zero attached hydrogens (tertiary/aromatic N) is 6. The molecule has 26 heavy (non-hydrogen) atoms. The molecule has 8 heteroatoms. The second kappa shape index (κ2) is 7.65. The average molecular weight is 353 g/mol. The number of hydrogen-bond acceptors (Lipinski definition) is 6. The topological polar surface area (TPSA) is 82.7 Å². The van der Waals surface area contributed by atoms with Crippen LogP contribution in [0.5, 0.6) is 0 Å². The highest BCUT2D eigenvalue weighted by Gasteiger charge is 2.29. The molecular weight excluding hydrogens is 330 g/mol. The Kier molecular flexibility index (Phi) is 4.92. The van der Waals surface area contributed by atoms with Crippen molar-refractivity contribution in [2.75, 3.05) is 18.5 Å². The summed E-state index contributed by atoms with van der Waals surface area (Å²) >= 11 is 0. The third-order valence-corrected chi connectivity index (χ3v) is 4.69. The van der Waals surface area contributed by atoms with E-state index in [2.05, 4.69) is 38.5 Å². The summed E-state index contributed by atoms with van der Waals surface area (Å²) in [5.74, 6) is 1.80. The number of rotatable bonds is 6. The molecule has 4 rings (SSSR count). The summed E-state index contributed by atoms with van der Waals surface area (Å²) in [5, 5.41) is 12.0. The zero-order chi connectivity index (χ0) is 17.8. The van der Waals surface area contributed by atoms with Gasteiger partial charge in [-0.2, -0.15) is 10.2 Å². The molecule has 1 aliphatic heterocycles. The minimum absolute atomic E-state index is 0.0564. The van der Waals surface area contributed by atoms with E-state index in [1.807, 2.05) is 23.1 Å². The zero-order valence-corrected chi connectivity index (χ0v) is 14.8. The lowest BCUT2D eigenvalue weighted by atomic mass is 9.92. The molecule has 0 aromatic carbocycles. The Morgan fingerprint density at radius 3 is 3.08 bits per heavy atom. The first-order valence-electron chi connectivity index (χ1n) is 9.04. The molecule has 0 aliphatic carbocycles. The van der Waals surface area contributed by atoms with Crippen LogP contribution in [0.25, 0.3) is 5.82 Å². The van der Waals surface area contributed by atoms with Gasteiger partial charge in [0.25, 0.3) is 0 Å². The van der Waals surface area contributed by atoms with Crippen LogP contribution in [0.4, 0.5) is 5.82 Å². The summed E-state index contributed by atoms with van der Waals surface area (Å²) in [6.45, 7) is 4.52. The molecule has 1 N–H and O–H groups in total. The third kappa shape index (κ3) is 3.45. The Balaban J connectivity index is 1.47. The summed E-state index contributed by atoms with van der Waals surface area (Å²) in [6, 6.07) is 3.92. The molecule has 0 unspecified atom stereocenters. The van der Waals surface area contributed by atoms with E-state index in [1.54, 1.807) is 23.3 Å². The van der Waals surface area contributed by atoms with E-state index < -0.39 is 0 Å². The minimum Gasteiger partial charge on any atom is -0.372 e. The lowest BCUT2D eigenvalue weighted by Gasteiger charge is -2.32.